The second-order valence-corrected chi connectivity index (χ2v) is 6.60. The summed E-state index contributed by atoms with van der Waals surface area (Å²) in [5, 5.41) is 0. The fourth-order valence-electron chi connectivity index (χ4n) is 2.60. The van der Waals surface area contributed by atoms with E-state index in [0.29, 0.717) is 0 Å². The molecule has 0 amide bonds. The lowest BCUT2D eigenvalue weighted by molar-refractivity contribution is 0.00578. The monoisotopic (exact) mass is 275 g/mol. The summed E-state index contributed by atoms with van der Waals surface area (Å²) in [5.41, 5.74) is 1.33. The highest BCUT2D eigenvalue weighted by molar-refractivity contribution is 6.61. The molecule has 2 saturated heterocycles. The van der Waals surface area contributed by atoms with Gasteiger partial charge in [0.2, 0.25) is 0 Å². The van der Waals surface area contributed by atoms with Crippen LogP contribution >= 0.6 is 0 Å². The Kier molecular flexibility index (Phi) is 3.39. The van der Waals surface area contributed by atoms with Gasteiger partial charge >= 0.3 is 7.12 Å². The van der Waals surface area contributed by atoms with E-state index in [1.54, 1.807) is 0 Å². The van der Waals surface area contributed by atoms with Crippen molar-refractivity contribution in [1.82, 2.24) is 4.98 Å². The van der Waals surface area contributed by atoms with Crippen LogP contribution in [0.1, 0.15) is 52.2 Å². The minimum absolute atomic E-state index is 0.194. The molecule has 2 fully saturated rings. The maximum Gasteiger partial charge on any atom is 0.514 e. The van der Waals surface area contributed by atoms with E-state index >= 15 is 0 Å². The van der Waals surface area contributed by atoms with Crippen LogP contribution in [0.15, 0.2) is 18.3 Å². The van der Waals surface area contributed by atoms with Crippen LogP contribution in [0.3, 0.4) is 0 Å². The van der Waals surface area contributed by atoms with Gasteiger partial charge in [0, 0.05) is 12.8 Å². The Hall–Kier alpha value is -0.905. The van der Waals surface area contributed by atoms with Crippen LogP contribution in [0.25, 0.3) is 0 Å². The first-order valence-corrected chi connectivity index (χ1v) is 7.32. The Bertz CT molecular complexity index is 482. The molecular weight excluding hydrogens is 253 g/mol. The molecule has 4 nitrogen and oxygen atoms in total. The zero-order chi connectivity index (χ0) is 14.4. The van der Waals surface area contributed by atoms with Gasteiger partial charge in [0.25, 0.3) is 0 Å². The molecule has 0 spiro atoms. The van der Waals surface area contributed by atoms with Gasteiger partial charge in [0.1, 0.15) is 0 Å². The van der Waals surface area contributed by atoms with E-state index < -0.39 is 7.12 Å². The minimum atomic E-state index is -0.402. The highest BCUT2D eigenvalue weighted by Gasteiger charge is 2.52. The normalized spacial score (nSPS) is 28.0. The van der Waals surface area contributed by atoms with Gasteiger partial charge in [0.05, 0.1) is 22.9 Å². The van der Waals surface area contributed by atoms with Crippen LogP contribution in [0.2, 0.25) is 0 Å². The van der Waals surface area contributed by atoms with Crippen molar-refractivity contribution in [2.24, 2.45) is 0 Å². The van der Waals surface area contributed by atoms with E-state index in [-0.39, 0.29) is 17.3 Å². The SMILES string of the molecule is CC1(C)OB(c2cc(C3CCCO3)ccn2)OC1(C)C. The summed E-state index contributed by atoms with van der Waals surface area (Å²) in [6.07, 6.45) is 4.21. The molecule has 20 heavy (non-hydrogen) atoms. The molecule has 0 saturated carbocycles. The van der Waals surface area contributed by atoms with E-state index in [2.05, 4.69) is 38.7 Å². The highest BCUT2D eigenvalue weighted by atomic mass is 16.7. The Labute approximate surface area is 121 Å². The van der Waals surface area contributed by atoms with Crippen molar-refractivity contribution in [3.8, 4) is 0 Å². The first-order valence-electron chi connectivity index (χ1n) is 7.32. The lowest BCUT2D eigenvalue weighted by Crippen LogP contribution is -2.41. The maximum absolute atomic E-state index is 6.04. The molecule has 0 N–H and O–H groups in total. The number of pyridine rings is 1. The van der Waals surface area contributed by atoms with Crippen molar-refractivity contribution < 1.29 is 14.0 Å². The van der Waals surface area contributed by atoms with Gasteiger partial charge in [-0.15, -0.1) is 0 Å². The molecule has 0 bridgehead atoms. The molecule has 1 unspecified atom stereocenters. The summed E-state index contributed by atoms with van der Waals surface area (Å²) < 4.78 is 17.8. The summed E-state index contributed by atoms with van der Waals surface area (Å²) in [6.45, 7) is 9.06. The van der Waals surface area contributed by atoms with Crippen LogP contribution in [-0.2, 0) is 14.0 Å². The Morgan fingerprint density at radius 1 is 1.20 bits per heavy atom. The third-order valence-corrected chi connectivity index (χ3v) is 4.60. The first-order chi connectivity index (χ1) is 9.39. The summed E-state index contributed by atoms with van der Waals surface area (Å²) >= 11 is 0. The smallest absolute Gasteiger partial charge is 0.398 e. The van der Waals surface area contributed by atoms with E-state index in [1.165, 1.54) is 5.56 Å². The number of hydrogen-bond donors (Lipinski definition) is 0. The van der Waals surface area contributed by atoms with Gasteiger partial charge < -0.3 is 14.0 Å². The molecule has 1 atom stereocenters. The molecule has 1 aromatic heterocycles. The number of ether oxygens (including phenoxy) is 1. The van der Waals surface area contributed by atoms with E-state index in [9.17, 15) is 0 Å². The standard InChI is InChI=1S/C15H22BNO3/c1-14(2)15(3,4)20-16(19-14)13-10-11(7-8-17-13)12-6-5-9-18-12/h7-8,10,12H,5-6,9H2,1-4H3. The molecule has 0 aromatic carbocycles. The predicted molar refractivity (Wildman–Crippen MR) is 77.9 cm³/mol. The lowest BCUT2D eigenvalue weighted by Gasteiger charge is -2.32. The number of nitrogens with zero attached hydrogens (tertiary/aromatic N) is 1. The summed E-state index contributed by atoms with van der Waals surface area (Å²) in [7, 11) is -0.402. The van der Waals surface area contributed by atoms with Gasteiger partial charge in [-0.1, -0.05) is 0 Å². The Morgan fingerprint density at radius 2 is 1.90 bits per heavy atom. The predicted octanol–water partition coefficient (Wildman–Crippen LogP) is 2.23. The number of aromatic nitrogens is 1. The van der Waals surface area contributed by atoms with Crippen molar-refractivity contribution in [2.45, 2.75) is 57.8 Å². The minimum Gasteiger partial charge on any atom is -0.398 e. The molecule has 0 radical (unpaired) electrons. The van der Waals surface area contributed by atoms with Gasteiger partial charge in [-0.2, -0.15) is 0 Å². The van der Waals surface area contributed by atoms with Crippen molar-refractivity contribution in [1.29, 1.82) is 0 Å². The fourth-order valence-corrected chi connectivity index (χ4v) is 2.60. The molecule has 1 aromatic rings. The van der Waals surface area contributed by atoms with Gasteiger partial charge in [0.15, 0.2) is 0 Å². The average molecular weight is 275 g/mol. The van der Waals surface area contributed by atoms with Gasteiger partial charge in [-0.3, -0.25) is 4.98 Å². The second kappa shape index (κ2) is 4.83. The maximum atomic E-state index is 6.04. The van der Waals surface area contributed by atoms with E-state index in [1.807, 2.05) is 12.3 Å². The Morgan fingerprint density at radius 3 is 2.50 bits per heavy atom. The molecule has 2 aliphatic heterocycles. The van der Waals surface area contributed by atoms with Crippen molar-refractivity contribution in [2.75, 3.05) is 6.61 Å². The number of hydrogen-bond acceptors (Lipinski definition) is 4. The molecule has 5 heteroatoms. The van der Waals surface area contributed by atoms with Crippen LogP contribution < -0.4 is 5.59 Å². The van der Waals surface area contributed by atoms with Gasteiger partial charge in [-0.05, 0) is 58.2 Å². The van der Waals surface area contributed by atoms with Crippen LogP contribution in [0.4, 0.5) is 0 Å². The van der Waals surface area contributed by atoms with Crippen LogP contribution in [0, 0.1) is 0 Å². The zero-order valence-corrected chi connectivity index (χ0v) is 12.7. The summed E-state index contributed by atoms with van der Waals surface area (Å²) in [6, 6.07) is 4.07. The van der Waals surface area contributed by atoms with Crippen LogP contribution in [-0.4, -0.2) is 29.9 Å². The van der Waals surface area contributed by atoms with Crippen LogP contribution in [0.5, 0.6) is 0 Å². The van der Waals surface area contributed by atoms with E-state index in [0.717, 1.165) is 25.0 Å². The number of rotatable bonds is 2. The molecule has 3 heterocycles. The summed E-state index contributed by atoms with van der Waals surface area (Å²) in [4.78, 5) is 4.42. The highest BCUT2D eigenvalue weighted by Crippen LogP contribution is 2.36. The third-order valence-electron chi connectivity index (χ3n) is 4.60. The summed E-state index contributed by atoms with van der Waals surface area (Å²) in [5.74, 6) is 0. The van der Waals surface area contributed by atoms with Crippen molar-refractivity contribution >= 4 is 12.7 Å². The van der Waals surface area contributed by atoms with Crippen molar-refractivity contribution in [3.05, 3.63) is 23.9 Å². The fraction of sp³-hybridized carbons (Fsp3) is 0.667. The molecular formula is C15H22BNO3. The third kappa shape index (κ3) is 2.38. The lowest BCUT2D eigenvalue weighted by atomic mass is 9.83. The largest absolute Gasteiger partial charge is 0.514 e. The van der Waals surface area contributed by atoms with Crippen molar-refractivity contribution in [3.63, 3.8) is 0 Å². The van der Waals surface area contributed by atoms with Gasteiger partial charge in [-0.25, -0.2) is 0 Å². The zero-order valence-electron chi connectivity index (χ0n) is 12.7. The molecule has 3 rings (SSSR count). The average Bonchev–Trinajstić information content (AvgIpc) is 2.97. The molecule has 2 aliphatic rings. The topological polar surface area (TPSA) is 40.6 Å². The molecule has 108 valence electrons. The quantitative estimate of drug-likeness (QED) is 0.776. The van der Waals surface area contributed by atoms with E-state index in [4.69, 9.17) is 14.0 Å². The Balaban J connectivity index is 1.83. The first kappa shape index (κ1) is 14.0. The second-order valence-electron chi connectivity index (χ2n) is 6.60. The molecule has 0 aliphatic carbocycles.